The smallest absolute Gasteiger partial charge is 0.254 e. The van der Waals surface area contributed by atoms with Crippen LogP contribution in [0.15, 0.2) is 18.2 Å². The second-order valence-corrected chi connectivity index (χ2v) is 6.41. The van der Waals surface area contributed by atoms with Crippen LogP contribution in [0.4, 0.5) is 8.78 Å². The Morgan fingerprint density at radius 1 is 1.08 bits per heavy atom. The van der Waals surface area contributed by atoms with Crippen molar-refractivity contribution in [3.8, 4) is 0 Å². The predicted molar refractivity (Wildman–Crippen MR) is 87.4 cm³/mol. The Hall–Kier alpha value is -1.98. The van der Waals surface area contributed by atoms with E-state index in [0.717, 1.165) is 30.9 Å². The molecule has 0 heterocycles. The van der Waals surface area contributed by atoms with E-state index in [1.165, 1.54) is 19.3 Å². The Kier molecular flexibility index (Phi) is 6.70. The van der Waals surface area contributed by atoms with Crippen molar-refractivity contribution in [1.29, 1.82) is 0 Å². The molecule has 0 radical (unpaired) electrons. The third-order valence-corrected chi connectivity index (χ3v) is 4.72. The zero-order valence-corrected chi connectivity index (χ0v) is 13.9. The molecule has 0 unspecified atom stereocenters. The molecule has 1 aliphatic rings. The molecule has 132 valence electrons. The lowest BCUT2D eigenvalue weighted by Crippen LogP contribution is -2.39. The van der Waals surface area contributed by atoms with E-state index in [9.17, 15) is 18.4 Å². The lowest BCUT2D eigenvalue weighted by molar-refractivity contribution is -0.120. The first-order chi connectivity index (χ1) is 11.5. The van der Waals surface area contributed by atoms with E-state index in [4.69, 9.17) is 0 Å². The number of hydrogen-bond acceptors (Lipinski definition) is 2. The lowest BCUT2D eigenvalue weighted by Gasteiger charge is -2.27. The molecule has 0 atom stereocenters. The number of hydrogen-bond donors (Lipinski definition) is 2. The van der Waals surface area contributed by atoms with Gasteiger partial charge in [-0.05, 0) is 36.8 Å². The number of carbonyl (C=O) groups is 2. The Bertz CT molecular complexity index is 584. The molecule has 0 aromatic heterocycles. The third kappa shape index (κ3) is 5.28. The van der Waals surface area contributed by atoms with Crippen LogP contribution in [-0.2, 0) is 4.79 Å². The Labute approximate surface area is 141 Å². The first-order valence-corrected chi connectivity index (χ1v) is 8.49. The van der Waals surface area contributed by atoms with Crippen LogP contribution >= 0.6 is 0 Å². The number of rotatable bonds is 6. The molecule has 0 saturated heterocycles. The summed E-state index contributed by atoms with van der Waals surface area (Å²) in [5, 5.41) is 5.16. The number of benzene rings is 1. The van der Waals surface area contributed by atoms with Gasteiger partial charge in [0.05, 0.1) is 12.1 Å². The minimum absolute atomic E-state index is 0.222. The number of nitrogens with one attached hydrogen (secondary N) is 2. The highest BCUT2D eigenvalue weighted by Crippen LogP contribution is 2.29. The maximum atomic E-state index is 13.5. The Balaban J connectivity index is 1.70. The Morgan fingerprint density at radius 2 is 1.75 bits per heavy atom. The zero-order chi connectivity index (χ0) is 17.5. The molecular formula is C18H24F2N2O2. The van der Waals surface area contributed by atoms with E-state index >= 15 is 0 Å². The van der Waals surface area contributed by atoms with Crippen molar-refractivity contribution >= 4 is 11.8 Å². The summed E-state index contributed by atoms with van der Waals surface area (Å²) in [5.41, 5.74) is -0.276. The van der Waals surface area contributed by atoms with Gasteiger partial charge >= 0.3 is 0 Å². The van der Waals surface area contributed by atoms with Gasteiger partial charge in [-0.15, -0.1) is 0 Å². The van der Waals surface area contributed by atoms with Crippen molar-refractivity contribution in [3.05, 3.63) is 35.4 Å². The van der Waals surface area contributed by atoms with Crippen molar-refractivity contribution in [3.63, 3.8) is 0 Å². The molecule has 0 aliphatic heterocycles. The molecule has 0 bridgehead atoms. The SMILES string of the molecule is CCC1CCC(CNC(=O)CNC(=O)c2ccc(F)cc2F)CC1. The van der Waals surface area contributed by atoms with Crippen molar-refractivity contribution in [2.24, 2.45) is 11.8 Å². The van der Waals surface area contributed by atoms with Crippen LogP contribution < -0.4 is 10.6 Å². The van der Waals surface area contributed by atoms with Crippen LogP contribution in [0.1, 0.15) is 49.4 Å². The van der Waals surface area contributed by atoms with E-state index in [-0.39, 0.29) is 18.0 Å². The molecule has 2 N–H and O–H groups in total. The predicted octanol–water partition coefficient (Wildman–Crippen LogP) is 3.03. The van der Waals surface area contributed by atoms with E-state index in [1.807, 2.05) is 0 Å². The molecule has 2 rings (SSSR count). The summed E-state index contributed by atoms with van der Waals surface area (Å²) in [6.45, 7) is 2.59. The monoisotopic (exact) mass is 338 g/mol. The fourth-order valence-corrected chi connectivity index (χ4v) is 3.09. The highest BCUT2D eigenvalue weighted by molar-refractivity contribution is 5.96. The first-order valence-electron chi connectivity index (χ1n) is 8.49. The zero-order valence-electron chi connectivity index (χ0n) is 13.9. The van der Waals surface area contributed by atoms with Crippen molar-refractivity contribution in [2.45, 2.75) is 39.0 Å². The van der Waals surface area contributed by atoms with Crippen molar-refractivity contribution in [2.75, 3.05) is 13.1 Å². The summed E-state index contributed by atoms with van der Waals surface area (Å²) >= 11 is 0. The van der Waals surface area contributed by atoms with Crippen LogP contribution in [0.3, 0.4) is 0 Å². The van der Waals surface area contributed by atoms with Gasteiger partial charge in [0.15, 0.2) is 0 Å². The third-order valence-electron chi connectivity index (χ3n) is 4.72. The number of carbonyl (C=O) groups excluding carboxylic acids is 2. The standard InChI is InChI=1S/C18H24F2N2O2/c1-2-12-3-5-13(6-4-12)10-21-17(23)11-22-18(24)15-8-7-14(19)9-16(15)20/h7-9,12-13H,2-6,10-11H2,1H3,(H,21,23)(H,22,24). The molecule has 1 fully saturated rings. The summed E-state index contributed by atoms with van der Waals surface area (Å²) in [6.07, 6.45) is 5.86. The molecule has 1 aromatic carbocycles. The van der Waals surface area contributed by atoms with Gasteiger partial charge in [-0.25, -0.2) is 8.78 Å². The van der Waals surface area contributed by atoms with E-state index in [2.05, 4.69) is 17.6 Å². The van der Waals surface area contributed by atoms with Gasteiger partial charge in [0.1, 0.15) is 11.6 Å². The van der Waals surface area contributed by atoms with Gasteiger partial charge in [0, 0.05) is 12.6 Å². The van der Waals surface area contributed by atoms with Crippen molar-refractivity contribution < 1.29 is 18.4 Å². The fraction of sp³-hybridized carbons (Fsp3) is 0.556. The van der Waals surface area contributed by atoms with Crippen LogP contribution in [0, 0.1) is 23.5 Å². The summed E-state index contributed by atoms with van der Waals surface area (Å²) in [5.74, 6) is -1.43. The van der Waals surface area contributed by atoms with Gasteiger partial charge in [-0.2, -0.15) is 0 Å². The van der Waals surface area contributed by atoms with Gasteiger partial charge in [-0.1, -0.05) is 26.2 Å². The highest BCUT2D eigenvalue weighted by Gasteiger charge is 2.20. The first kappa shape index (κ1) is 18.4. The van der Waals surface area contributed by atoms with Gasteiger partial charge in [-0.3, -0.25) is 9.59 Å². The van der Waals surface area contributed by atoms with Crippen molar-refractivity contribution in [1.82, 2.24) is 10.6 Å². The van der Waals surface area contributed by atoms with Gasteiger partial charge in [0.25, 0.3) is 5.91 Å². The highest BCUT2D eigenvalue weighted by atomic mass is 19.1. The molecule has 0 spiro atoms. The van der Waals surface area contributed by atoms with Crippen LogP contribution in [0.25, 0.3) is 0 Å². The van der Waals surface area contributed by atoms with Crippen LogP contribution in [0.2, 0.25) is 0 Å². The molecule has 1 aliphatic carbocycles. The average Bonchev–Trinajstić information content (AvgIpc) is 2.58. The van der Waals surface area contributed by atoms with Crippen LogP contribution in [-0.4, -0.2) is 24.9 Å². The number of halogens is 2. The normalized spacial score (nSPS) is 20.5. The molecule has 6 heteroatoms. The van der Waals surface area contributed by atoms with E-state index in [0.29, 0.717) is 18.5 Å². The minimum atomic E-state index is -0.944. The van der Waals surface area contributed by atoms with Gasteiger partial charge in [0.2, 0.25) is 5.91 Å². The van der Waals surface area contributed by atoms with E-state index < -0.39 is 17.5 Å². The minimum Gasteiger partial charge on any atom is -0.354 e. The fourth-order valence-electron chi connectivity index (χ4n) is 3.09. The molecule has 1 saturated carbocycles. The molecular weight excluding hydrogens is 314 g/mol. The maximum Gasteiger partial charge on any atom is 0.254 e. The quantitative estimate of drug-likeness (QED) is 0.838. The topological polar surface area (TPSA) is 58.2 Å². The van der Waals surface area contributed by atoms with E-state index in [1.54, 1.807) is 0 Å². The second kappa shape index (κ2) is 8.76. The molecule has 2 amide bonds. The molecule has 24 heavy (non-hydrogen) atoms. The average molecular weight is 338 g/mol. The van der Waals surface area contributed by atoms with Gasteiger partial charge < -0.3 is 10.6 Å². The van der Waals surface area contributed by atoms with Crippen LogP contribution in [0.5, 0.6) is 0 Å². The maximum absolute atomic E-state index is 13.5. The Morgan fingerprint density at radius 3 is 2.38 bits per heavy atom. The summed E-state index contributed by atoms with van der Waals surface area (Å²) in [7, 11) is 0. The summed E-state index contributed by atoms with van der Waals surface area (Å²) in [4.78, 5) is 23.6. The number of amides is 2. The molecule has 4 nitrogen and oxygen atoms in total. The summed E-state index contributed by atoms with van der Waals surface area (Å²) < 4.78 is 26.3. The lowest BCUT2D eigenvalue weighted by atomic mass is 9.81. The second-order valence-electron chi connectivity index (χ2n) is 6.41. The largest absolute Gasteiger partial charge is 0.354 e. The summed E-state index contributed by atoms with van der Waals surface area (Å²) in [6, 6.07) is 2.70. The molecule has 1 aromatic rings.